The first-order chi connectivity index (χ1) is 8.56. The molecule has 18 heavy (non-hydrogen) atoms. The van der Waals surface area contributed by atoms with Gasteiger partial charge in [-0.25, -0.2) is 0 Å². The van der Waals surface area contributed by atoms with Crippen molar-refractivity contribution in [2.75, 3.05) is 5.32 Å². The Morgan fingerprint density at radius 1 is 1.33 bits per heavy atom. The lowest BCUT2D eigenvalue weighted by Crippen LogP contribution is -2.28. The Kier molecular flexibility index (Phi) is 4.19. The van der Waals surface area contributed by atoms with Crippen LogP contribution < -0.4 is 5.32 Å². The van der Waals surface area contributed by atoms with E-state index in [1.165, 1.54) is 6.07 Å². The molecule has 1 aromatic rings. The standard InChI is InChI=1S/C12H15BrN2O3/c13-8-1-6-12(15(17)18)11(7-8)14-9-2-4-10(16)5-3-9/h1,6-7,9-10,14,16H,2-5H2/t9-,10-. The summed E-state index contributed by atoms with van der Waals surface area (Å²) in [6.45, 7) is 0. The first-order valence-electron chi connectivity index (χ1n) is 5.95. The third kappa shape index (κ3) is 3.20. The predicted molar refractivity (Wildman–Crippen MR) is 72.7 cm³/mol. The van der Waals surface area contributed by atoms with Gasteiger partial charge in [0.2, 0.25) is 0 Å². The number of hydrogen-bond acceptors (Lipinski definition) is 4. The van der Waals surface area contributed by atoms with Crippen molar-refractivity contribution in [2.45, 2.75) is 37.8 Å². The van der Waals surface area contributed by atoms with E-state index >= 15 is 0 Å². The highest BCUT2D eigenvalue weighted by molar-refractivity contribution is 9.10. The van der Waals surface area contributed by atoms with E-state index in [1.54, 1.807) is 12.1 Å². The summed E-state index contributed by atoms with van der Waals surface area (Å²) in [5.41, 5.74) is 0.625. The lowest BCUT2D eigenvalue weighted by Gasteiger charge is -2.26. The van der Waals surface area contributed by atoms with E-state index in [9.17, 15) is 15.2 Å². The van der Waals surface area contributed by atoms with Gasteiger partial charge in [-0.1, -0.05) is 15.9 Å². The zero-order valence-corrected chi connectivity index (χ0v) is 11.4. The van der Waals surface area contributed by atoms with Crippen LogP contribution in [0.5, 0.6) is 0 Å². The molecule has 5 nitrogen and oxygen atoms in total. The molecule has 0 atom stereocenters. The smallest absolute Gasteiger partial charge is 0.292 e. The molecule has 0 spiro atoms. The van der Waals surface area contributed by atoms with Gasteiger partial charge in [-0.15, -0.1) is 0 Å². The number of anilines is 1. The summed E-state index contributed by atoms with van der Waals surface area (Å²) in [5, 5.41) is 23.6. The predicted octanol–water partition coefficient (Wildman–Crippen LogP) is 3.07. The minimum Gasteiger partial charge on any atom is -0.393 e. The van der Waals surface area contributed by atoms with E-state index in [0.29, 0.717) is 5.69 Å². The molecule has 1 aromatic carbocycles. The molecule has 0 heterocycles. The molecule has 0 saturated heterocycles. The molecule has 1 fully saturated rings. The Bertz CT molecular complexity index is 445. The van der Waals surface area contributed by atoms with Crippen LogP contribution in [-0.2, 0) is 0 Å². The van der Waals surface area contributed by atoms with Gasteiger partial charge in [0.15, 0.2) is 0 Å². The molecule has 1 aliphatic carbocycles. The quantitative estimate of drug-likeness (QED) is 0.664. The van der Waals surface area contributed by atoms with Gasteiger partial charge in [0.25, 0.3) is 5.69 Å². The molecule has 0 aromatic heterocycles. The third-order valence-electron chi connectivity index (χ3n) is 3.21. The Morgan fingerprint density at radius 2 is 2.00 bits per heavy atom. The van der Waals surface area contributed by atoms with Crippen molar-refractivity contribution in [2.24, 2.45) is 0 Å². The number of nitro benzene ring substituents is 1. The first kappa shape index (κ1) is 13.3. The number of halogens is 1. The Hall–Kier alpha value is -1.14. The fourth-order valence-corrected chi connectivity index (χ4v) is 2.58. The number of rotatable bonds is 3. The van der Waals surface area contributed by atoms with Crippen molar-refractivity contribution in [1.82, 2.24) is 0 Å². The molecule has 0 radical (unpaired) electrons. The highest BCUT2D eigenvalue weighted by Crippen LogP contribution is 2.30. The highest BCUT2D eigenvalue weighted by atomic mass is 79.9. The molecular formula is C12H15BrN2O3. The maximum absolute atomic E-state index is 10.9. The van der Waals surface area contributed by atoms with Gasteiger partial charge in [0.05, 0.1) is 11.0 Å². The Morgan fingerprint density at radius 3 is 2.61 bits per heavy atom. The van der Waals surface area contributed by atoms with Crippen LogP contribution >= 0.6 is 15.9 Å². The second kappa shape index (κ2) is 5.67. The monoisotopic (exact) mass is 314 g/mol. The highest BCUT2D eigenvalue weighted by Gasteiger charge is 2.22. The fourth-order valence-electron chi connectivity index (χ4n) is 2.22. The molecule has 1 aliphatic rings. The lowest BCUT2D eigenvalue weighted by molar-refractivity contribution is -0.384. The zero-order valence-electron chi connectivity index (χ0n) is 9.80. The molecule has 1 saturated carbocycles. The molecule has 6 heteroatoms. The summed E-state index contributed by atoms with van der Waals surface area (Å²) in [5.74, 6) is 0. The van der Waals surface area contributed by atoms with Crippen LogP contribution in [0.25, 0.3) is 0 Å². The van der Waals surface area contributed by atoms with Crippen molar-refractivity contribution in [3.63, 3.8) is 0 Å². The fraction of sp³-hybridized carbons (Fsp3) is 0.500. The number of nitrogens with one attached hydrogen (secondary N) is 1. The van der Waals surface area contributed by atoms with Crippen LogP contribution in [0.4, 0.5) is 11.4 Å². The van der Waals surface area contributed by atoms with Crippen molar-refractivity contribution in [3.05, 3.63) is 32.8 Å². The summed E-state index contributed by atoms with van der Waals surface area (Å²) >= 11 is 3.32. The average Bonchev–Trinajstić information content (AvgIpc) is 2.32. The summed E-state index contributed by atoms with van der Waals surface area (Å²) in [4.78, 5) is 10.6. The molecule has 0 bridgehead atoms. The molecule has 0 aliphatic heterocycles. The van der Waals surface area contributed by atoms with Crippen LogP contribution in [0, 0.1) is 10.1 Å². The Labute approximate surface area is 113 Å². The summed E-state index contributed by atoms with van der Waals surface area (Å²) in [6, 6.07) is 5.07. The molecule has 2 rings (SSSR count). The van der Waals surface area contributed by atoms with Crippen LogP contribution in [0.15, 0.2) is 22.7 Å². The van der Waals surface area contributed by atoms with Gasteiger partial charge in [-0.05, 0) is 37.8 Å². The van der Waals surface area contributed by atoms with E-state index in [2.05, 4.69) is 21.2 Å². The van der Waals surface area contributed by atoms with E-state index in [0.717, 1.165) is 30.2 Å². The number of aliphatic hydroxyl groups excluding tert-OH is 1. The largest absolute Gasteiger partial charge is 0.393 e. The topological polar surface area (TPSA) is 75.4 Å². The van der Waals surface area contributed by atoms with E-state index in [-0.39, 0.29) is 22.8 Å². The molecule has 0 unspecified atom stereocenters. The van der Waals surface area contributed by atoms with Gasteiger partial charge in [-0.3, -0.25) is 10.1 Å². The summed E-state index contributed by atoms with van der Waals surface area (Å²) in [6.07, 6.45) is 2.95. The third-order valence-corrected chi connectivity index (χ3v) is 3.70. The molecule has 0 amide bonds. The minimum absolute atomic E-state index is 0.0873. The van der Waals surface area contributed by atoms with Crippen LogP contribution in [0.1, 0.15) is 25.7 Å². The van der Waals surface area contributed by atoms with E-state index < -0.39 is 0 Å². The van der Waals surface area contributed by atoms with E-state index in [1.807, 2.05) is 0 Å². The summed E-state index contributed by atoms with van der Waals surface area (Å²) < 4.78 is 0.812. The van der Waals surface area contributed by atoms with Crippen LogP contribution in [0.3, 0.4) is 0 Å². The average molecular weight is 315 g/mol. The van der Waals surface area contributed by atoms with Gasteiger partial charge in [0.1, 0.15) is 5.69 Å². The first-order valence-corrected chi connectivity index (χ1v) is 6.74. The number of benzene rings is 1. The van der Waals surface area contributed by atoms with Crippen LogP contribution in [0.2, 0.25) is 0 Å². The van der Waals surface area contributed by atoms with Crippen molar-refractivity contribution < 1.29 is 10.0 Å². The number of hydrogen-bond donors (Lipinski definition) is 2. The SMILES string of the molecule is O=[N+]([O-])c1ccc(Br)cc1N[C@H]1CC[C@H](O)CC1. The number of aliphatic hydroxyl groups is 1. The van der Waals surface area contributed by atoms with Gasteiger partial charge < -0.3 is 10.4 Å². The van der Waals surface area contributed by atoms with E-state index in [4.69, 9.17) is 0 Å². The van der Waals surface area contributed by atoms with Gasteiger partial charge >= 0.3 is 0 Å². The Balaban J connectivity index is 2.12. The van der Waals surface area contributed by atoms with Crippen molar-refractivity contribution in [3.8, 4) is 0 Å². The maximum Gasteiger partial charge on any atom is 0.292 e. The lowest BCUT2D eigenvalue weighted by atomic mass is 9.93. The van der Waals surface area contributed by atoms with Gasteiger partial charge in [0, 0.05) is 16.6 Å². The number of nitrogens with zero attached hydrogens (tertiary/aromatic N) is 1. The van der Waals surface area contributed by atoms with Crippen molar-refractivity contribution >= 4 is 27.3 Å². The maximum atomic E-state index is 10.9. The molecule has 2 N–H and O–H groups in total. The molecule has 98 valence electrons. The van der Waals surface area contributed by atoms with Crippen molar-refractivity contribution in [1.29, 1.82) is 0 Å². The summed E-state index contributed by atoms with van der Waals surface area (Å²) in [7, 11) is 0. The zero-order chi connectivity index (χ0) is 13.1. The second-order valence-electron chi connectivity index (χ2n) is 4.57. The second-order valence-corrected chi connectivity index (χ2v) is 5.48. The normalized spacial score (nSPS) is 23.7. The van der Waals surface area contributed by atoms with Crippen LogP contribution in [-0.4, -0.2) is 22.2 Å². The minimum atomic E-state index is -0.382. The number of nitro groups is 1. The molecular weight excluding hydrogens is 300 g/mol. The van der Waals surface area contributed by atoms with Gasteiger partial charge in [-0.2, -0.15) is 0 Å².